The quantitative estimate of drug-likeness (QED) is 0.164. The van der Waals surface area contributed by atoms with E-state index in [9.17, 15) is 0 Å². The maximum atomic E-state index is 6.52. The van der Waals surface area contributed by atoms with Crippen molar-refractivity contribution in [3.8, 4) is 67.5 Å². The lowest BCUT2D eigenvalue weighted by molar-refractivity contribution is 0.660. The summed E-state index contributed by atoms with van der Waals surface area (Å²) in [6.45, 7) is 4.70. The van der Waals surface area contributed by atoms with Gasteiger partial charge in [-0.25, -0.2) is 15.0 Å². The van der Waals surface area contributed by atoms with Gasteiger partial charge in [-0.15, -0.1) is 0 Å². The molecular weight excluding hydrogens is 731 g/mol. The SMILES string of the molecule is CC1(C)c2ccccc2-c2ccc(-c3cccc4c3ccc3c(-c5ccc6oc7cccc(-c8nc(-c9ccccc9)nc(-c9ccccc9)n8)c7c6c5)cccc34)cc21. The van der Waals surface area contributed by atoms with Crippen molar-refractivity contribution in [2.45, 2.75) is 19.3 Å². The van der Waals surface area contributed by atoms with Crippen molar-refractivity contribution in [2.24, 2.45) is 0 Å². The highest BCUT2D eigenvalue weighted by atomic mass is 16.3. The number of hydrogen-bond acceptors (Lipinski definition) is 4. The highest BCUT2D eigenvalue weighted by Gasteiger charge is 2.35. The van der Waals surface area contributed by atoms with Gasteiger partial charge in [0, 0.05) is 32.9 Å². The third-order valence-corrected chi connectivity index (χ3v) is 12.6. The zero-order chi connectivity index (χ0) is 40.0. The Morgan fingerprint density at radius 3 is 1.55 bits per heavy atom. The van der Waals surface area contributed by atoms with E-state index in [0.717, 1.165) is 44.2 Å². The van der Waals surface area contributed by atoms with Crippen LogP contribution in [-0.2, 0) is 5.41 Å². The lowest BCUT2D eigenvalue weighted by Gasteiger charge is -2.22. The van der Waals surface area contributed by atoms with Gasteiger partial charge in [0.1, 0.15) is 11.2 Å². The van der Waals surface area contributed by atoms with Gasteiger partial charge in [0.2, 0.25) is 0 Å². The highest BCUT2D eigenvalue weighted by molar-refractivity contribution is 6.17. The predicted octanol–water partition coefficient (Wildman–Crippen LogP) is 14.7. The van der Waals surface area contributed by atoms with Gasteiger partial charge in [0.25, 0.3) is 0 Å². The monoisotopic (exact) mass is 767 g/mol. The fraction of sp³-hybridized carbons (Fsp3) is 0.0536. The zero-order valence-electron chi connectivity index (χ0n) is 33.1. The van der Waals surface area contributed by atoms with Crippen LogP contribution in [0.1, 0.15) is 25.0 Å². The van der Waals surface area contributed by atoms with Gasteiger partial charge in [-0.1, -0.05) is 178 Å². The third-order valence-electron chi connectivity index (χ3n) is 12.6. The van der Waals surface area contributed by atoms with E-state index in [2.05, 4.69) is 129 Å². The molecule has 1 aliphatic rings. The van der Waals surface area contributed by atoms with Gasteiger partial charge in [-0.3, -0.25) is 0 Å². The van der Waals surface area contributed by atoms with Crippen LogP contribution in [0, 0.1) is 0 Å². The maximum Gasteiger partial charge on any atom is 0.164 e. The third kappa shape index (κ3) is 5.27. The van der Waals surface area contributed by atoms with Gasteiger partial charge >= 0.3 is 0 Å². The Bertz CT molecular complexity index is 3450. The number of nitrogens with zero attached hydrogens (tertiary/aromatic N) is 3. The van der Waals surface area contributed by atoms with E-state index in [1.54, 1.807) is 0 Å². The maximum absolute atomic E-state index is 6.52. The zero-order valence-corrected chi connectivity index (χ0v) is 33.1. The molecule has 0 aliphatic heterocycles. The highest BCUT2D eigenvalue weighted by Crippen LogP contribution is 2.50. The fourth-order valence-corrected chi connectivity index (χ4v) is 9.61. The van der Waals surface area contributed by atoms with E-state index in [-0.39, 0.29) is 5.41 Å². The van der Waals surface area contributed by atoms with E-state index < -0.39 is 0 Å². The van der Waals surface area contributed by atoms with E-state index in [1.807, 2.05) is 72.8 Å². The Hall–Kier alpha value is -7.69. The van der Waals surface area contributed by atoms with Gasteiger partial charge in [-0.2, -0.15) is 0 Å². The van der Waals surface area contributed by atoms with Crippen LogP contribution in [0.3, 0.4) is 0 Å². The molecule has 4 nitrogen and oxygen atoms in total. The second-order valence-corrected chi connectivity index (χ2v) is 16.3. The minimum Gasteiger partial charge on any atom is -0.456 e. The topological polar surface area (TPSA) is 51.8 Å². The first-order valence-electron chi connectivity index (χ1n) is 20.5. The van der Waals surface area contributed by atoms with Gasteiger partial charge in [0.15, 0.2) is 17.5 Å². The van der Waals surface area contributed by atoms with Crippen molar-refractivity contribution in [1.29, 1.82) is 0 Å². The van der Waals surface area contributed by atoms with Gasteiger partial charge in [0.05, 0.1) is 0 Å². The predicted molar refractivity (Wildman–Crippen MR) is 247 cm³/mol. The van der Waals surface area contributed by atoms with Crippen molar-refractivity contribution in [3.63, 3.8) is 0 Å². The second kappa shape index (κ2) is 13.2. The first kappa shape index (κ1) is 34.4. The molecular formula is C56H37N3O. The van der Waals surface area contributed by atoms with Crippen molar-refractivity contribution in [2.75, 3.05) is 0 Å². The summed E-state index contributed by atoms with van der Waals surface area (Å²) in [4.78, 5) is 15.1. The largest absolute Gasteiger partial charge is 0.456 e. The molecule has 60 heavy (non-hydrogen) atoms. The van der Waals surface area contributed by atoms with Crippen LogP contribution in [0.25, 0.3) is 111 Å². The van der Waals surface area contributed by atoms with Crippen LogP contribution in [0.15, 0.2) is 192 Å². The molecule has 0 saturated heterocycles. The van der Waals surface area contributed by atoms with E-state index in [4.69, 9.17) is 19.4 Å². The Morgan fingerprint density at radius 1 is 0.333 bits per heavy atom. The van der Waals surface area contributed by atoms with Crippen molar-refractivity contribution in [3.05, 3.63) is 199 Å². The molecule has 2 aromatic heterocycles. The normalized spacial score (nSPS) is 13.0. The van der Waals surface area contributed by atoms with E-state index in [0.29, 0.717) is 17.5 Å². The first-order chi connectivity index (χ1) is 29.5. The smallest absolute Gasteiger partial charge is 0.164 e. The molecule has 0 spiro atoms. The average molecular weight is 768 g/mol. The number of rotatable bonds is 5. The number of aromatic nitrogens is 3. The number of benzene rings is 9. The van der Waals surface area contributed by atoms with Crippen LogP contribution in [0.2, 0.25) is 0 Å². The molecule has 0 saturated carbocycles. The van der Waals surface area contributed by atoms with E-state index >= 15 is 0 Å². The van der Waals surface area contributed by atoms with Crippen molar-refractivity contribution < 1.29 is 4.42 Å². The number of furan rings is 1. The van der Waals surface area contributed by atoms with Crippen LogP contribution < -0.4 is 0 Å². The molecule has 11 aromatic rings. The Morgan fingerprint density at radius 2 is 0.867 bits per heavy atom. The summed E-state index contributed by atoms with van der Waals surface area (Å²) in [5, 5.41) is 6.92. The standard InChI is InChI=1S/C56H37N3O/c1-56(2)48-24-10-9-18-44(48)45-28-26-37(33-49(45)56)39-20-12-22-41-40-21-11-19-38(42(40)29-30-43(39)41)36-27-31-50-47(32-36)52-46(23-13-25-51(52)60-50)55-58-53(34-14-5-3-6-15-34)57-54(59-55)35-16-7-4-8-17-35/h3-33H,1-2H3. The summed E-state index contributed by atoms with van der Waals surface area (Å²) in [6, 6.07) is 66.8. The molecule has 0 fully saturated rings. The van der Waals surface area contributed by atoms with Crippen LogP contribution in [0.5, 0.6) is 0 Å². The van der Waals surface area contributed by atoms with Crippen molar-refractivity contribution >= 4 is 43.5 Å². The van der Waals surface area contributed by atoms with Gasteiger partial charge in [-0.05, 0) is 90.3 Å². The summed E-state index contributed by atoms with van der Waals surface area (Å²) in [5.41, 5.74) is 14.6. The van der Waals surface area contributed by atoms with Crippen molar-refractivity contribution in [1.82, 2.24) is 15.0 Å². The number of hydrogen-bond donors (Lipinski definition) is 0. The fourth-order valence-electron chi connectivity index (χ4n) is 9.61. The van der Waals surface area contributed by atoms with Gasteiger partial charge < -0.3 is 4.42 Å². The summed E-state index contributed by atoms with van der Waals surface area (Å²) < 4.78 is 6.52. The lowest BCUT2D eigenvalue weighted by atomic mass is 9.81. The molecule has 282 valence electrons. The molecule has 1 aliphatic carbocycles. The summed E-state index contributed by atoms with van der Waals surface area (Å²) in [5.74, 6) is 1.86. The van der Waals surface area contributed by atoms with Crippen LogP contribution >= 0.6 is 0 Å². The Balaban J connectivity index is 0.995. The van der Waals surface area contributed by atoms with Crippen LogP contribution in [-0.4, -0.2) is 15.0 Å². The molecule has 0 atom stereocenters. The van der Waals surface area contributed by atoms with Crippen LogP contribution in [0.4, 0.5) is 0 Å². The summed E-state index contributed by atoms with van der Waals surface area (Å²) >= 11 is 0. The second-order valence-electron chi connectivity index (χ2n) is 16.3. The molecule has 0 N–H and O–H groups in total. The minimum absolute atomic E-state index is 0.0577. The first-order valence-corrected chi connectivity index (χ1v) is 20.5. The molecule has 12 rings (SSSR count). The average Bonchev–Trinajstić information content (AvgIpc) is 3.80. The number of fused-ring (bicyclic) bond motifs is 9. The lowest BCUT2D eigenvalue weighted by Crippen LogP contribution is -2.14. The molecule has 4 heteroatoms. The molecule has 0 radical (unpaired) electrons. The Kier molecular flexibility index (Phi) is 7.54. The van der Waals surface area contributed by atoms with E-state index in [1.165, 1.54) is 60.5 Å². The molecule has 2 heterocycles. The molecule has 9 aromatic carbocycles. The summed E-state index contributed by atoms with van der Waals surface area (Å²) in [6.07, 6.45) is 0. The molecule has 0 unspecified atom stereocenters. The Labute approximate surface area is 347 Å². The summed E-state index contributed by atoms with van der Waals surface area (Å²) in [7, 11) is 0. The molecule has 0 amide bonds. The minimum atomic E-state index is -0.0577. The molecule has 0 bridgehead atoms.